The molecule has 0 spiro atoms. The zero-order chi connectivity index (χ0) is 14.5. The Hall–Kier alpha value is -1.39. The quantitative estimate of drug-likeness (QED) is 0.815. The van der Waals surface area contributed by atoms with Crippen LogP contribution < -0.4 is 4.74 Å². The number of nitrogens with zero attached hydrogens (tertiary/aromatic N) is 2. The van der Waals surface area contributed by atoms with Crippen molar-refractivity contribution < 1.29 is 4.74 Å². The van der Waals surface area contributed by atoms with Crippen LogP contribution in [-0.2, 0) is 13.0 Å². The minimum atomic E-state index is 0.915. The summed E-state index contributed by atoms with van der Waals surface area (Å²) in [6.07, 6.45) is 1.05. The van der Waals surface area contributed by atoms with E-state index in [1.807, 2.05) is 12.1 Å². The Morgan fingerprint density at radius 1 is 1.20 bits per heavy atom. The fourth-order valence-corrected chi connectivity index (χ4v) is 3.17. The lowest BCUT2D eigenvalue weighted by Crippen LogP contribution is -2.20. The van der Waals surface area contributed by atoms with Gasteiger partial charge in [-0.2, -0.15) is 0 Å². The standard InChI is InChI=1S/C16H22N2OS/c1-12-16(20-13(2)17-12)11-18(3)10-9-14-5-7-15(19-4)8-6-14/h5-8H,9-11H2,1-4H3. The number of likely N-dealkylation sites (N-methyl/N-ethyl adjacent to an activating group) is 1. The van der Waals surface area contributed by atoms with E-state index in [0.717, 1.165) is 30.3 Å². The highest BCUT2D eigenvalue weighted by Crippen LogP contribution is 2.19. The summed E-state index contributed by atoms with van der Waals surface area (Å²) in [6, 6.07) is 8.31. The van der Waals surface area contributed by atoms with Gasteiger partial charge in [-0.25, -0.2) is 4.98 Å². The molecule has 1 aromatic carbocycles. The molecule has 0 aliphatic rings. The van der Waals surface area contributed by atoms with Crippen molar-refractivity contribution >= 4 is 11.3 Å². The normalized spacial score (nSPS) is 11.1. The fourth-order valence-electron chi connectivity index (χ4n) is 2.16. The van der Waals surface area contributed by atoms with Gasteiger partial charge in [0.05, 0.1) is 17.8 Å². The van der Waals surface area contributed by atoms with Gasteiger partial charge in [-0.1, -0.05) is 12.1 Å². The average molecular weight is 290 g/mol. The van der Waals surface area contributed by atoms with Gasteiger partial charge in [-0.3, -0.25) is 0 Å². The van der Waals surface area contributed by atoms with Gasteiger partial charge < -0.3 is 9.64 Å². The lowest BCUT2D eigenvalue weighted by Gasteiger charge is -2.16. The Kier molecular flexibility index (Phi) is 5.15. The van der Waals surface area contributed by atoms with E-state index >= 15 is 0 Å². The number of aromatic nitrogens is 1. The summed E-state index contributed by atoms with van der Waals surface area (Å²) < 4.78 is 5.17. The van der Waals surface area contributed by atoms with Crippen molar-refractivity contribution in [3.05, 3.63) is 45.4 Å². The number of ether oxygens (including phenoxy) is 1. The third kappa shape index (κ3) is 4.05. The molecule has 0 bridgehead atoms. The molecule has 0 N–H and O–H groups in total. The highest BCUT2D eigenvalue weighted by molar-refractivity contribution is 7.11. The molecule has 108 valence electrons. The van der Waals surface area contributed by atoms with E-state index in [1.54, 1.807) is 18.4 Å². The minimum Gasteiger partial charge on any atom is -0.497 e. The second-order valence-corrected chi connectivity index (χ2v) is 6.37. The highest BCUT2D eigenvalue weighted by atomic mass is 32.1. The maximum Gasteiger partial charge on any atom is 0.118 e. The van der Waals surface area contributed by atoms with Crippen LogP contribution in [0.1, 0.15) is 21.1 Å². The SMILES string of the molecule is COc1ccc(CCN(C)Cc2sc(C)nc2C)cc1. The van der Waals surface area contributed by atoms with Gasteiger partial charge in [-0.05, 0) is 45.0 Å². The lowest BCUT2D eigenvalue weighted by atomic mass is 10.1. The smallest absolute Gasteiger partial charge is 0.118 e. The van der Waals surface area contributed by atoms with E-state index in [1.165, 1.54) is 16.1 Å². The van der Waals surface area contributed by atoms with Gasteiger partial charge in [0.15, 0.2) is 0 Å². The zero-order valence-corrected chi connectivity index (χ0v) is 13.5. The first-order chi connectivity index (χ1) is 9.58. The summed E-state index contributed by atoms with van der Waals surface area (Å²) in [5, 5.41) is 1.15. The Morgan fingerprint density at radius 3 is 2.45 bits per heavy atom. The van der Waals surface area contributed by atoms with Crippen molar-refractivity contribution in [2.75, 3.05) is 20.7 Å². The molecule has 4 heteroatoms. The largest absolute Gasteiger partial charge is 0.497 e. The van der Waals surface area contributed by atoms with E-state index in [0.29, 0.717) is 0 Å². The number of thiazole rings is 1. The number of benzene rings is 1. The van der Waals surface area contributed by atoms with Crippen LogP contribution in [0.4, 0.5) is 0 Å². The first kappa shape index (κ1) is 15.0. The molecule has 2 aromatic rings. The Bertz CT molecular complexity index is 548. The van der Waals surface area contributed by atoms with E-state index < -0.39 is 0 Å². The Labute approximate surface area is 125 Å². The maximum atomic E-state index is 5.17. The van der Waals surface area contributed by atoms with Crippen molar-refractivity contribution in [3.8, 4) is 5.75 Å². The number of rotatable bonds is 6. The first-order valence-corrected chi connectivity index (χ1v) is 7.64. The minimum absolute atomic E-state index is 0.915. The van der Waals surface area contributed by atoms with Gasteiger partial charge in [-0.15, -0.1) is 11.3 Å². The van der Waals surface area contributed by atoms with Gasteiger partial charge in [0, 0.05) is 18.0 Å². The summed E-state index contributed by atoms with van der Waals surface area (Å²) in [5.41, 5.74) is 2.51. The van der Waals surface area contributed by atoms with Crippen LogP contribution in [-0.4, -0.2) is 30.6 Å². The van der Waals surface area contributed by atoms with Crippen LogP contribution in [0.25, 0.3) is 0 Å². The molecule has 0 aliphatic heterocycles. The molecule has 0 saturated carbocycles. The molecular formula is C16H22N2OS. The van der Waals surface area contributed by atoms with Crippen molar-refractivity contribution in [2.45, 2.75) is 26.8 Å². The molecule has 2 rings (SSSR count). The van der Waals surface area contributed by atoms with E-state index in [-0.39, 0.29) is 0 Å². The number of hydrogen-bond donors (Lipinski definition) is 0. The van der Waals surface area contributed by atoms with Gasteiger partial charge >= 0.3 is 0 Å². The van der Waals surface area contributed by atoms with Crippen LogP contribution in [0.3, 0.4) is 0 Å². The maximum absolute atomic E-state index is 5.17. The van der Waals surface area contributed by atoms with Gasteiger partial charge in [0.25, 0.3) is 0 Å². The molecule has 0 amide bonds. The second kappa shape index (κ2) is 6.86. The van der Waals surface area contributed by atoms with Crippen LogP contribution in [0, 0.1) is 13.8 Å². The number of hydrogen-bond acceptors (Lipinski definition) is 4. The molecule has 3 nitrogen and oxygen atoms in total. The Morgan fingerprint density at radius 2 is 1.90 bits per heavy atom. The van der Waals surface area contributed by atoms with E-state index in [4.69, 9.17) is 4.74 Å². The van der Waals surface area contributed by atoms with Crippen molar-refractivity contribution in [1.29, 1.82) is 0 Å². The summed E-state index contributed by atoms with van der Waals surface area (Å²) >= 11 is 1.80. The topological polar surface area (TPSA) is 25.4 Å². The monoisotopic (exact) mass is 290 g/mol. The molecule has 1 aromatic heterocycles. The molecule has 0 unspecified atom stereocenters. The van der Waals surface area contributed by atoms with Crippen LogP contribution in [0.5, 0.6) is 5.75 Å². The third-order valence-electron chi connectivity index (χ3n) is 3.35. The number of methoxy groups -OCH3 is 1. The van der Waals surface area contributed by atoms with Crippen molar-refractivity contribution in [1.82, 2.24) is 9.88 Å². The van der Waals surface area contributed by atoms with Crippen LogP contribution in [0.2, 0.25) is 0 Å². The van der Waals surface area contributed by atoms with Gasteiger partial charge in [0.1, 0.15) is 5.75 Å². The van der Waals surface area contributed by atoms with Gasteiger partial charge in [0.2, 0.25) is 0 Å². The third-order valence-corrected chi connectivity index (χ3v) is 4.41. The summed E-state index contributed by atoms with van der Waals surface area (Å²) in [7, 11) is 3.86. The summed E-state index contributed by atoms with van der Waals surface area (Å²) in [6.45, 7) is 6.19. The van der Waals surface area contributed by atoms with E-state index in [9.17, 15) is 0 Å². The molecule has 0 fully saturated rings. The molecule has 1 heterocycles. The number of aryl methyl sites for hydroxylation is 2. The molecule has 0 aliphatic carbocycles. The van der Waals surface area contributed by atoms with Crippen LogP contribution in [0.15, 0.2) is 24.3 Å². The molecule has 0 saturated heterocycles. The first-order valence-electron chi connectivity index (χ1n) is 6.83. The lowest BCUT2D eigenvalue weighted by molar-refractivity contribution is 0.333. The molecule has 0 radical (unpaired) electrons. The highest BCUT2D eigenvalue weighted by Gasteiger charge is 2.08. The average Bonchev–Trinajstić information content (AvgIpc) is 2.75. The summed E-state index contributed by atoms with van der Waals surface area (Å²) in [4.78, 5) is 8.21. The predicted molar refractivity (Wildman–Crippen MR) is 84.6 cm³/mol. The zero-order valence-electron chi connectivity index (χ0n) is 12.6. The summed E-state index contributed by atoms with van der Waals surface area (Å²) in [5.74, 6) is 0.915. The van der Waals surface area contributed by atoms with Crippen molar-refractivity contribution in [2.24, 2.45) is 0 Å². The Balaban J connectivity index is 1.85. The predicted octanol–water partition coefficient (Wildman–Crippen LogP) is 3.44. The fraction of sp³-hybridized carbons (Fsp3) is 0.438. The van der Waals surface area contributed by atoms with Crippen LogP contribution >= 0.6 is 11.3 Å². The molecule has 20 heavy (non-hydrogen) atoms. The second-order valence-electron chi connectivity index (χ2n) is 5.08. The van der Waals surface area contributed by atoms with Crippen molar-refractivity contribution in [3.63, 3.8) is 0 Å². The van der Waals surface area contributed by atoms with E-state index in [2.05, 4.69) is 42.9 Å². The molecule has 0 atom stereocenters. The molecular weight excluding hydrogens is 268 g/mol.